The maximum absolute atomic E-state index is 6.13. The number of hydrogen-bond acceptors (Lipinski definition) is 3. The van der Waals surface area contributed by atoms with Crippen molar-refractivity contribution < 1.29 is 9.47 Å². The molecule has 1 unspecified atom stereocenters. The minimum atomic E-state index is -0.0339. The first-order valence-corrected chi connectivity index (χ1v) is 5.11. The lowest BCUT2D eigenvalue weighted by Crippen LogP contribution is -2.18. The van der Waals surface area contributed by atoms with Crippen molar-refractivity contribution in [1.29, 1.82) is 0 Å². The Morgan fingerprint density at radius 1 is 1.40 bits per heavy atom. The third kappa shape index (κ3) is 3.09. The van der Waals surface area contributed by atoms with Gasteiger partial charge in [0.05, 0.1) is 18.2 Å². The number of nitrogens with one attached hydrogen (secondary N) is 1. The first-order valence-electron chi connectivity index (χ1n) is 4.73. The van der Waals surface area contributed by atoms with Gasteiger partial charge in [0.2, 0.25) is 0 Å². The molecule has 0 fully saturated rings. The van der Waals surface area contributed by atoms with Gasteiger partial charge in [-0.2, -0.15) is 0 Å². The second kappa shape index (κ2) is 5.95. The van der Waals surface area contributed by atoms with Crippen molar-refractivity contribution in [3.8, 4) is 5.75 Å². The van der Waals surface area contributed by atoms with Crippen LogP contribution >= 0.6 is 11.6 Å². The first-order chi connectivity index (χ1) is 7.22. The fourth-order valence-corrected chi connectivity index (χ4v) is 1.69. The molecule has 0 aliphatic rings. The van der Waals surface area contributed by atoms with Crippen LogP contribution in [-0.4, -0.2) is 27.8 Å². The third-order valence-corrected chi connectivity index (χ3v) is 2.56. The van der Waals surface area contributed by atoms with E-state index in [4.69, 9.17) is 21.1 Å². The Morgan fingerprint density at radius 2 is 2.13 bits per heavy atom. The molecule has 3 nitrogen and oxygen atoms in total. The molecule has 15 heavy (non-hydrogen) atoms. The first kappa shape index (κ1) is 12.3. The summed E-state index contributed by atoms with van der Waals surface area (Å²) in [4.78, 5) is 0. The fourth-order valence-electron chi connectivity index (χ4n) is 1.40. The molecule has 0 aromatic heterocycles. The van der Waals surface area contributed by atoms with Gasteiger partial charge in [0.1, 0.15) is 5.75 Å². The lowest BCUT2D eigenvalue weighted by molar-refractivity contribution is 0.104. The minimum Gasteiger partial charge on any atom is -0.497 e. The monoisotopic (exact) mass is 229 g/mol. The molecule has 4 heteroatoms. The number of ether oxygens (including phenoxy) is 2. The molecule has 0 aliphatic heterocycles. The number of likely N-dealkylation sites (N-methyl/N-ethyl adjacent to an activating group) is 1. The number of halogens is 1. The van der Waals surface area contributed by atoms with Crippen molar-refractivity contribution in [2.24, 2.45) is 0 Å². The fraction of sp³-hybridized carbons (Fsp3) is 0.455. The van der Waals surface area contributed by atoms with E-state index in [-0.39, 0.29) is 6.10 Å². The second-order valence-electron chi connectivity index (χ2n) is 3.17. The molecule has 0 aliphatic carbocycles. The molecule has 0 amide bonds. The molecular weight excluding hydrogens is 214 g/mol. The zero-order valence-corrected chi connectivity index (χ0v) is 9.97. The lowest BCUT2D eigenvalue weighted by Gasteiger charge is -2.17. The maximum atomic E-state index is 6.13. The van der Waals surface area contributed by atoms with E-state index in [2.05, 4.69) is 5.32 Å². The summed E-state index contributed by atoms with van der Waals surface area (Å²) in [5, 5.41) is 3.72. The zero-order valence-electron chi connectivity index (χ0n) is 9.21. The Labute approximate surface area is 95.3 Å². The number of benzene rings is 1. The van der Waals surface area contributed by atoms with E-state index in [9.17, 15) is 0 Å². The van der Waals surface area contributed by atoms with Gasteiger partial charge in [0, 0.05) is 19.2 Å². The van der Waals surface area contributed by atoms with Crippen LogP contribution in [0.1, 0.15) is 11.7 Å². The topological polar surface area (TPSA) is 30.5 Å². The second-order valence-corrected chi connectivity index (χ2v) is 3.58. The van der Waals surface area contributed by atoms with Crippen LogP contribution in [-0.2, 0) is 4.74 Å². The molecule has 1 rings (SSSR count). The molecule has 1 aromatic carbocycles. The highest BCUT2D eigenvalue weighted by Gasteiger charge is 2.13. The molecule has 0 saturated carbocycles. The molecule has 0 bridgehead atoms. The smallest absolute Gasteiger partial charge is 0.120 e. The third-order valence-electron chi connectivity index (χ3n) is 2.23. The predicted molar refractivity (Wildman–Crippen MR) is 61.7 cm³/mol. The van der Waals surface area contributed by atoms with Gasteiger partial charge < -0.3 is 14.8 Å². The van der Waals surface area contributed by atoms with Gasteiger partial charge in [0.15, 0.2) is 0 Å². The molecule has 1 atom stereocenters. The average molecular weight is 230 g/mol. The summed E-state index contributed by atoms with van der Waals surface area (Å²) >= 11 is 6.13. The Bertz CT molecular complexity index is 317. The Morgan fingerprint density at radius 3 is 2.60 bits per heavy atom. The highest BCUT2D eigenvalue weighted by Crippen LogP contribution is 2.28. The van der Waals surface area contributed by atoms with E-state index >= 15 is 0 Å². The normalized spacial score (nSPS) is 12.5. The van der Waals surface area contributed by atoms with Crippen molar-refractivity contribution in [1.82, 2.24) is 5.32 Å². The van der Waals surface area contributed by atoms with Gasteiger partial charge in [0.25, 0.3) is 0 Å². The molecule has 84 valence electrons. The lowest BCUT2D eigenvalue weighted by atomic mass is 10.1. The standard InChI is InChI=1S/C11H16ClNO2/c1-13-7-11(15-3)9-5-4-8(14-2)6-10(9)12/h4-6,11,13H,7H2,1-3H3. The highest BCUT2D eigenvalue weighted by molar-refractivity contribution is 6.31. The van der Waals surface area contributed by atoms with Crippen molar-refractivity contribution in [3.63, 3.8) is 0 Å². The summed E-state index contributed by atoms with van der Waals surface area (Å²) in [5.74, 6) is 0.753. The zero-order chi connectivity index (χ0) is 11.3. The molecule has 0 saturated heterocycles. The van der Waals surface area contributed by atoms with Crippen molar-refractivity contribution in [2.45, 2.75) is 6.10 Å². The quantitative estimate of drug-likeness (QED) is 0.840. The van der Waals surface area contributed by atoms with E-state index in [1.807, 2.05) is 19.2 Å². The number of hydrogen-bond donors (Lipinski definition) is 1. The summed E-state index contributed by atoms with van der Waals surface area (Å²) in [6.07, 6.45) is -0.0339. The summed E-state index contributed by atoms with van der Waals surface area (Å²) in [6.45, 7) is 0.725. The van der Waals surface area contributed by atoms with Gasteiger partial charge in [-0.1, -0.05) is 17.7 Å². The van der Waals surface area contributed by atoms with Crippen molar-refractivity contribution >= 4 is 11.6 Å². The SMILES string of the molecule is CNCC(OC)c1ccc(OC)cc1Cl. The van der Waals surface area contributed by atoms with E-state index in [0.29, 0.717) is 5.02 Å². The van der Waals surface area contributed by atoms with Gasteiger partial charge in [-0.05, 0) is 19.2 Å². The van der Waals surface area contributed by atoms with Gasteiger partial charge >= 0.3 is 0 Å². The van der Waals surface area contributed by atoms with Crippen LogP contribution in [0.2, 0.25) is 5.02 Å². The van der Waals surface area contributed by atoms with Gasteiger partial charge in [-0.3, -0.25) is 0 Å². The molecular formula is C11H16ClNO2. The van der Waals surface area contributed by atoms with E-state index in [0.717, 1.165) is 17.9 Å². The largest absolute Gasteiger partial charge is 0.497 e. The highest BCUT2D eigenvalue weighted by atomic mass is 35.5. The maximum Gasteiger partial charge on any atom is 0.120 e. The van der Waals surface area contributed by atoms with Crippen molar-refractivity contribution in [2.75, 3.05) is 27.8 Å². The Kier molecular flexibility index (Phi) is 4.88. The van der Waals surface area contributed by atoms with Crippen LogP contribution in [0, 0.1) is 0 Å². The van der Waals surface area contributed by atoms with E-state index < -0.39 is 0 Å². The van der Waals surface area contributed by atoms with Crippen LogP contribution in [0.3, 0.4) is 0 Å². The van der Waals surface area contributed by atoms with E-state index in [1.165, 1.54) is 0 Å². The predicted octanol–water partition coefficient (Wildman–Crippen LogP) is 2.26. The Hall–Kier alpha value is -0.770. The molecule has 0 spiro atoms. The summed E-state index contributed by atoms with van der Waals surface area (Å²) in [5.41, 5.74) is 0.967. The van der Waals surface area contributed by atoms with Gasteiger partial charge in [-0.25, -0.2) is 0 Å². The van der Waals surface area contributed by atoms with Crippen LogP contribution in [0.15, 0.2) is 18.2 Å². The van der Waals surface area contributed by atoms with Crippen LogP contribution < -0.4 is 10.1 Å². The van der Waals surface area contributed by atoms with Crippen LogP contribution in [0.5, 0.6) is 5.75 Å². The number of rotatable bonds is 5. The summed E-state index contributed by atoms with van der Waals surface area (Å²) in [7, 11) is 5.17. The molecule has 0 heterocycles. The average Bonchev–Trinajstić information content (AvgIpc) is 2.26. The van der Waals surface area contributed by atoms with E-state index in [1.54, 1.807) is 20.3 Å². The van der Waals surface area contributed by atoms with Crippen LogP contribution in [0.4, 0.5) is 0 Å². The number of methoxy groups -OCH3 is 2. The minimum absolute atomic E-state index is 0.0339. The Balaban J connectivity index is 2.92. The molecule has 0 radical (unpaired) electrons. The summed E-state index contributed by atoms with van der Waals surface area (Å²) < 4.78 is 10.4. The van der Waals surface area contributed by atoms with Crippen LogP contribution in [0.25, 0.3) is 0 Å². The molecule has 1 aromatic rings. The summed E-state index contributed by atoms with van der Waals surface area (Å²) in [6, 6.07) is 5.59. The molecule has 1 N–H and O–H groups in total. The van der Waals surface area contributed by atoms with Crippen molar-refractivity contribution in [3.05, 3.63) is 28.8 Å². The van der Waals surface area contributed by atoms with Gasteiger partial charge in [-0.15, -0.1) is 0 Å².